The van der Waals surface area contributed by atoms with E-state index in [2.05, 4.69) is 10.6 Å². The minimum absolute atomic E-state index is 0.128. The van der Waals surface area contributed by atoms with Crippen LogP contribution in [0.5, 0.6) is 0 Å². The van der Waals surface area contributed by atoms with Gasteiger partial charge in [-0.2, -0.15) is 0 Å². The van der Waals surface area contributed by atoms with Crippen LogP contribution < -0.4 is 15.5 Å². The molecular formula is C20H27N3O4. The predicted molar refractivity (Wildman–Crippen MR) is 106 cm³/mol. The number of nitrogens with one attached hydrogen (secondary N) is 2. The molecule has 0 saturated heterocycles. The highest BCUT2D eigenvalue weighted by molar-refractivity contribution is 6.28. The van der Waals surface area contributed by atoms with Gasteiger partial charge in [-0.15, -0.1) is 0 Å². The maximum atomic E-state index is 12.1. The molecule has 0 fully saturated rings. The van der Waals surface area contributed by atoms with Gasteiger partial charge in [-0.3, -0.25) is 14.4 Å². The Morgan fingerprint density at radius 1 is 0.963 bits per heavy atom. The van der Waals surface area contributed by atoms with Gasteiger partial charge >= 0.3 is 6.03 Å². The highest BCUT2D eigenvalue weighted by atomic mass is 16.2. The zero-order valence-corrected chi connectivity index (χ0v) is 16.6. The number of carbonyl (C=O) groups is 4. The molecule has 27 heavy (non-hydrogen) atoms. The summed E-state index contributed by atoms with van der Waals surface area (Å²) >= 11 is 0. The summed E-state index contributed by atoms with van der Waals surface area (Å²) in [7, 11) is 0. The molecule has 146 valence electrons. The number of Topliss-reactive ketones (excluding diaryl/α,β-unsaturated/α-hetero) is 1. The first-order valence-electron chi connectivity index (χ1n) is 8.84. The number of ketones is 1. The lowest BCUT2D eigenvalue weighted by Crippen LogP contribution is -2.49. The van der Waals surface area contributed by atoms with Crippen molar-refractivity contribution in [2.75, 3.05) is 10.2 Å². The van der Waals surface area contributed by atoms with Crippen molar-refractivity contribution in [1.29, 1.82) is 0 Å². The standard InChI is InChI=1S/C18H21N3O4.C2H6/c1-11(22)16(18(2,3)4)20-17(25)19-12-5-7-13(8-6-12)21-14(23)9-10-15(21)24;1-2/h5-10,16H,1-4H3,(H2,19,20,25);1-2H3. The van der Waals surface area contributed by atoms with Gasteiger partial charge in [0.05, 0.1) is 11.7 Å². The second kappa shape index (κ2) is 9.12. The van der Waals surface area contributed by atoms with Gasteiger partial charge in [0.2, 0.25) is 0 Å². The van der Waals surface area contributed by atoms with Gasteiger partial charge in [0, 0.05) is 17.8 Å². The lowest BCUT2D eigenvalue weighted by atomic mass is 9.84. The number of carbonyl (C=O) groups excluding carboxylic acids is 4. The van der Waals surface area contributed by atoms with Crippen molar-refractivity contribution in [3.05, 3.63) is 36.4 Å². The van der Waals surface area contributed by atoms with Gasteiger partial charge in [0.15, 0.2) is 5.78 Å². The van der Waals surface area contributed by atoms with E-state index in [1.165, 1.54) is 19.1 Å². The third kappa shape index (κ3) is 5.77. The third-order valence-corrected chi connectivity index (χ3v) is 3.74. The minimum Gasteiger partial charge on any atom is -0.328 e. The SMILES string of the molecule is CC.CC(=O)C(NC(=O)Nc1ccc(N2C(=O)C=CC2=O)cc1)C(C)(C)C. The first-order chi connectivity index (χ1) is 12.6. The lowest BCUT2D eigenvalue weighted by Gasteiger charge is -2.29. The number of anilines is 2. The van der Waals surface area contributed by atoms with Crippen molar-refractivity contribution in [1.82, 2.24) is 5.32 Å². The summed E-state index contributed by atoms with van der Waals surface area (Å²) in [5.41, 5.74) is 0.489. The molecule has 4 amide bonds. The van der Waals surface area contributed by atoms with Crippen LogP contribution in [0.4, 0.5) is 16.2 Å². The minimum atomic E-state index is -0.613. The smallest absolute Gasteiger partial charge is 0.319 e. The van der Waals surface area contributed by atoms with Crippen LogP contribution in [0, 0.1) is 5.41 Å². The number of amides is 4. The Morgan fingerprint density at radius 2 is 1.44 bits per heavy atom. The number of rotatable bonds is 4. The largest absolute Gasteiger partial charge is 0.328 e. The monoisotopic (exact) mass is 373 g/mol. The highest BCUT2D eigenvalue weighted by Gasteiger charge is 2.30. The molecule has 1 aromatic carbocycles. The Balaban J connectivity index is 0.00000176. The summed E-state index contributed by atoms with van der Waals surface area (Å²) in [4.78, 5) is 48.1. The molecule has 0 aromatic heterocycles. The summed E-state index contributed by atoms with van der Waals surface area (Å²) < 4.78 is 0. The number of hydrogen-bond acceptors (Lipinski definition) is 4. The van der Waals surface area contributed by atoms with Gasteiger partial charge in [-0.25, -0.2) is 9.69 Å². The summed E-state index contributed by atoms with van der Waals surface area (Å²) in [5.74, 6) is -0.938. The Bertz CT molecular complexity index is 727. The summed E-state index contributed by atoms with van der Waals surface area (Å²) in [6.45, 7) is 11.0. The molecule has 7 nitrogen and oxygen atoms in total. The third-order valence-electron chi connectivity index (χ3n) is 3.74. The van der Waals surface area contributed by atoms with E-state index in [1.54, 1.807) is 24.3 Å². The van der Waals surface area contributed by atoms with Crippen LogP contribution in [-0.4, -0.2) is 29.7 Å². The predicted octanol–water partition coefficient (Wildman–Crippen LogP) is 3.27. The second-order valence-electron chi connectivity index (χ2n) is 6.90. The van der Waals surface area contributed by atoms with E-state index in [4.69, 9.17) is 0 Å². The van der Waals surface area contributed by atoms with Crippen LogP contribution in [0.25, 0.3) is 0 Å². The first kappa shape index (κ1) is 22.1. The molecule has 1 heterocycles. The van der Waals surface area contributed by atoms with Crippen molar-refractivity contribution in [3.8, 4) is 0 Å². The van der Waals surface area contributed by atoms with E-state index in [9.17, 15) is 19.2 Å². The van der Waals surface area contributed by atoms with Gasteiger partial charge in [-0.05, 0) is 36.6 Å². The Labute approximate surface area is 159 Å². The maximum absolute atomic E-state index is 12.1. The summed E-state index contributed by atoms with van der Waals surface area (Å²) in [5, 5.41) is 5.29. The number of benzene rings is 1. The molecule has 1 atom stereocenters. The van der Waals surface area contributed by atoms with E-state index in [-0.39, 0.29) is 5.78 Å². The van der Waals surface area contributed by atoms with E-state index in [0.29, 0.717) is 11.4 Å². The first-order valence-corrected chi connectivity index (χ1v) is 8.84. The highest BCUT2D eigenvalue weighted by Crippen LogP contribution is 2.22. The van der Waals surface area contributed by atoms with E-state index in [1.807, 2.05) is 34.6 Å². The van der Waals surface area contributed by atoms with Crippen molar-refractivity contribution >= 4 is 35.0 Å². The average Bonchev–Trinajstić information content (AvgIpc) is 2.93. The van der Waals surface area contributed by atoms with Crippen molar-refractivity contribution in [3.63, 3.8) is 0 Å². The molecular weight excluding hydrogens is 346 g/mol. The molecule has 2 rings (SSSR count). The summed E-state index contributed by atoms with van der Waals surface area (Å²) in [6.07, 6.45) is 2.41. The molecule has 0 bridgehead atoms. The van der Waals surface area contributed by atoms with Crippen molar-refractivity contribution in [2.24, 2.45) is 5.41 Å². The number of hydrogen-bond donors (Lipinski definition) is 2. The van der Waals surface area contributed by atoms with Crippen molar-refractivity contribution in [2.45, 2.75) is 47.6 Å². The zero-order valence-electron chi connectivity index (χ0n) is 16.6. The van der Waals surface area contributed by atoms with Crippen molar-refractivity contribution < 1.29 is 19.2 Å². The van der Waals surface area contributed by atoms with Gasteiger partial charge in [0.25, 0.3) is 11.8 Å². The fraction of sp³-hybridized carbons (Fsp3) is 0.400. The zero-order chi connectivity index (χ0) is 20.8. The molecule has 0 spiro atoms. The Morgan fingerprint density at radius 3 is 1.85 bits per heavy atom. The van der Waals surface area contributed by atoms with Gasteiger partial charge < -0.3 is 10.6 Å². The molecule has 1 aliphatic rings. The number of imide groups is 1. The fourth-order valence-corrected chi connectivity index (χ4v) is 2.57. The normalized spacial score (nSPS) is 14.4. The molecule has 1 aromatic rings. The van der Waals surface area contributed by atoms with Crippen LogP contribution in [0.3, 0.4) is 0 Å². The lowest BCUT2D eigenvalue weighted by molar-refractivity contribution is -0.121. The molecule has 1 unspecified atom stereocenters. The molecule has 2 N–H and O–H groups in total. The molecule has 0 saturated carbocycles. The fourth-order valence-electron chi connectivity index (χ4n) is 2.57. The average molecular weight is 373 g/mol. The van der Waals surface area contributed by atoms with Gasteiger partial charge in [-0.1, -0.05) is 34.6 Å². The Kier molecular flexibility index (Phi) is 7.45. The van der Waals surface area contributed by atoms with E-state index >= 15 is 0 Å². The molecule has 0 radical (unpaired) electrons. The maximum Gasteiger partial charge on any atom is 0.319 e. The molecule has 7 heteroatoms. The van der Waals surface area contributed by atoms with Crippen LogP contribution in [0.2, 0.25) is 0 Å². The number of urea groups is 1. The molecule has 0 aliphatic carbocycles. The molecule has 1 aliphatic heterocycles. The van der Waals surface area contributed by atoms with E-state index in [0.717, 1.165) is 4.90 Å². The van der Waals surface area contributed by atoms with Crippen LogP contribution in [0.15, 0.2) is 36.4 Å². The van der Waals surface area contributed by atoms with Gasteiger partial charge in [0.1, 0.15) is 0 Å². The topological polar surface area (TPSA) is 95.6 Å². The van der Waals surface area contributed by atoms with Crippen LogP contribution in [0.1, 0.15) is 41.5 Å². The Hall–Kier alpha value is -2.96. The summed E-state index contributed by atoms with van der Waals surface area (Å²) in [6, 6.07) is 5.16. The number of nitrogens with zero attached hydrogens (tertiary/aromatic N) is 1. The quantitative estimate of drug-likeness (QED) is 0.792. The van der Waals surface area contributed by atoms with Crippen LogP contribution in [-0.2, 0) is 14.4 Å². The second-order valence-corrected chi connectivity index (χ2v) is 6.90. The van der Waals surface area contributed by atoms with Crippen LogP contribution >= 0.6 is 0 Å². The van der Waals surface area contributed by atoms with E-state index < -0.39 is 29.3 Å².